The quantitative estimate of drug-likeness (QED) is 0.598. The molecule has 0 saturated heterocycles. The molecule has 0 aliphatic rings. The van der Waals surface area contributed by atoms with Crippen LogP contribution in [0.3, 0.4) is 0 Å². The summed E-state index contributed by atoms with van der Waals surface area (Å²) in [5, 5.41) is 17.5. The van der Waals surface area contributed by atoms with Crippen LogP contribution in [0.1, 0.15) is 12.5 Å². The first-order valence-corrected chi connectivity index (χ1v) is 7.10. The Morgan fingerprint density at radius 2 is 2.00 bits per heavy atom. The predicted molar refractivity (Wildman–Crippen MR) is 88.1 cm³/mol. The number of nitro groups is 1. The number of rotatable bonds is 7. The van der Waals surface area contributed by atoms with Crippen LogP contribution < -0.4 is 10.6 Å². The van der Waals surface area contributed by atoms with E-state index >= 15 is 0 Å². The van der Waals surface area contributed by atoms with Crippen molar-refractivity contribution in [2.24, 2.45) is 0 Å². The third kappa shape index (κ3) is 4.13. The van der Waals surface area contributed by atoms with Crippen molar-refractivity contribution in [1.82, 2.24) is 9.97 Å². The Bertz CT molecular complexity index is 693. The second-order valence-electron chi connectivity index (χ2n) is 5.12. The minimum atomic E-state index is -0.498. The summed E-state index contributed by atoms with van der Waals surface area (Å²) in [5.41, 5.74) is 1.52. The van der Waals surface area contributed by atoms with E-state index < -0.39 is 4.92 Å². The van der Waals surface area contributed by atoms with E-state index in [9.17, 15) is 10.1 Å². The van der Waals surface area contributed by atoms with Gasteiger partial charge in [-0.1, -0.05) is 18.2 Å². The number of nitrogens with zero attached hydrogens (tertiary/aromatic N) is 3. The molecule has 23 heavy (non-hydrogen) atoms. The van der Waals surface area contributed by atoms with Gasteiger partial charge in [0.05, 0.1) is 11.5 Å². The van der Waals surface area contributed by atoms with Gasteiger partial charge >= 0.3 is 5.69 Å². The number of aromatic nitrogens is 2. The van der Waals surface area contributed by atoms with Gasteiger partial charge in [-0.05, 0) is 25.5 Å². The average Bonchev–Trinajstić information content (AvgIpc) is 2.49. The van der Waals surface area contributed by atoms with Crippen molar-refractivity contribution in [3.63, 3.8) is 0 Å². The predicted octanol–water partition coefficient (Wildman–Crippen LogP) is 2.88. The summed E-state index contributed by atoms with van der Waals surface area (Å²) >= 11 is 0. The zero-order valence-corrected chi connectivity index (χ0v) is 13.2. The largest absolute Gasteiger partial charge is 0.383 e. The van der Waals surface area contributed by atoms with E-state index in [0.717, 1.165) is 11.3 Å². The molecule has 0 fully saturated rings. The first-order chi connectivity index (χ1) is 11.0. The van der Waals surface area contributed by atoms with Crippen molar-refractivity contribution >= 4 is 23.0 Å². The Labute approximate surface area is 134 Å². The highest BCUT2D eigenvalue weighted by Crippen LogP contribution is 2.32. The minimum absolute atomic E-state index is 0.125. The molecule has 0 radical (unpaired) electrons. The van der Waals surface area contributed by atoms with Crippen LogP contribution in [-0.2, 0) is 4.74 Å². The highest BCUT2D eigenvalue weighted by Gasteiger charge is 2.24. The molecule has 0 saturated carbocycles. The van der Waals surface area contributed by atoms with Crippen LogP contribution >= 0.6 is 0 Å². The summed E-state index contributed by atoms with van der Waals surface area (Å²) in [6.07, 6.45) is 1.29. The smallest absolute Gasteiger partial charge is 0.353 e. The first-order valence-electron chi connectivity index (χ1n) is 7.10. The van der Waals surface area contributed by atoms with Crippen molar-refractivity contribution in [1.29, 1.82) is 0 Å². The molecule has 0 spiro atoms. The number of methoxy groups -OCH3 is 1. The van der Waals surface area contributed by atoms with Gasteiger partial charge < -0.3 is 15.4 Å². The molecular weight excluding hydrogens is 298 g/mol. The SMILES string of the molecule is COCC(C)Nc1ncnc(Nc2ccccc2C)c1[N+](=O)[O-]. The third-order valence-electron chi connectivity index (χ3n) is 3.20. The molecule has 2 N–H and O–H groups in total. The Balaban J connectivity index is 2.36. The van der Waals surface area contributed by atoms with Crippen LogP contribution in [0.25, 0.3) is 0 Å². The Morgan fingerprint density at radius 3 is 2.65 bits per heavy atom. The van der Waals surface area contributed by atoms with E-state index in [4.69, 9.17) is 4.74 Å². The number of hydrogen-bond donors (Lipinski definition) is 2. The number of aryl methyl sites for hydroxylation is 1. The Kier molecular flexibility index (Phi) is 5.42. The number of hydrogen-bond acceptors (Lipinski definition) is 7. The van der Waals surface area contributed by atoms with Gasteiger partial charge in [-0.15, -0.1) is 0 Å². The summed E-state index contributed by atoms with van der Waals surface area (Å²) in [6, 6.07) is 7.37. The van der Waals surface area contributed by atoms with Crippen LogP contribution in [0.5, 0.6) is 0 Å². The van der Waals surface area contributed by atoms with E-state index in [2.05, 4.69) is 20.6 Å². The standard InChI is InChI=1S/C15H19N5O3/c1-10-6-4-5-7-12(10)19-15-13(20(21)22)14(16-9-17-15)18-11(2)8-23-3/h4-7,9,11H,8H2,1-3H3,(H2,16,17,18,19). The molecule has 8 heteroatoms. The molecule has 122 valence electrons. The zero-order chi connectivity index (χ0) is 16.8. The van der Waals surface area contributed by atoms with E-state index in [-0.39, 0.29) is 23.4 Å². The lowest BCUT2D eigenvalue weighted by atomic mass is 10.2. The average molecular weight is 317 g/mol. The molecule has 8 nitrogen and oxygen atoms in total. The molecule has 1 unspecified atom stereocenters. The summed E-state index contributed by atoms with van der Waals surface area (Å²) in [5.74, 6) is 0.303. The van der Waals surface area contributed by atoms with Crippen molar-refractivity contribution in [3.8, 4) is 0 Å². The van der Waals surface area contributed by atoms with Gasteiger partial charge in [0.2, 0.25) is 11.6 Å². The maximum Gasteiger partial charge on any atom is 0.353 e. The van der Waals surface area contributed by atoms with Gasteiger partial charge in [0, 0.05) is 18.8 Å². The number of para-hydroxylation sites is 1. The number of benzene rings is 1. The summed E-state index contributed by atoms with van der Waals surface area (Å²) in [7, 11) is 1.57. The molecule has 1 heterocycles. The fourth-order valence-corrected chi connectivity index (χ4v) is 2.11. The summed E-state index contributed by atoms with van der Waals surface area (Å²) in [6.45, 7) is 4.17. The Morgan fingerprint density at radius 1 is 1.30 bits per heavy atom. The molecule has 2 rings (SSSR count). The minimum Gasteiger partial charge on any atom is -0.383 e. The maximum atomic E-state index is 11.5. The normalized spacial score (nSPS) is 11.8. The lowest BCUT2D eigenvalue weighted by Gasteiger charge is -2.15. The van der Waals surface area contributed by atoms with Crippen LogP contribution in [0.15, 0.2) is 30.6 Å². The molecule has 0 amide bonds. The van der Waals surface area contributed by atoms with Crippen LogP contribution in [0, 0.1) is 17.0 Å². The second kappa shape index (κ2) is 7.50. The van der Waals surface area contributed by atoms with Crippen LogP contribution in [0.2, 0.25) is 0 Å². The van der Waals surface area contributed by atoms with Crippen molar-refractivity contribution in [2.75, 3.05) is 24.4 Å². The molecule has 1 aromatic heterocycles. The van der Waals surface area contributed by atoms with Crippen LogP contribution in [0.4, 0.5) is 23.0 Å². The zero-order valence-electron chi connectivity index (χ0n) is 13.2. The van der Waals surface area contributed by atoms with Gasteiger partial charge in [0.25, 0.3) is 0 Å². The lowest BCUT2D eigenvalue weighted by Crippen LogP contribution is -2.22. The van der Waals surface area contributed by atoms with Crippen molar-refractivity contribution < 1.29 is 9.66 Å². The van der Waals surface area contributed by atoms with E-state index in [1.165, 1.54) is 6.33 Å². The molecule has 1 aromatic carbocycles. The van der Waals surface area contributed by atoms with Gasteiger partial charge in [-0.25, -0.2) is 9.97 Å². The first kappa shape index (κ1) is 16.6. The molecule has 2 aromatic rings. The summed E-state index contributed by atoms with van der Waals surface area (Å²) in [4.78, 5) is 19.0. The van der Waals surface area contributed by atoms with Gasteiger partial charge in [-0.2, -0.15) is 0 Å². The molecule has 0 aliphatic heterocycles. The lowest BCUT2D eigenvalue weighted by molar-refractivity contribution is -0.383. The molecule has 1 atom stereocenters. The fraction of sp³-hybridized carbons (Fsp3) is 0.333. The van der Waals surface area contributed by atoms with Crippen molar-refractivity contribution in [3.05, 3.63) is 46.3 Å². The highest BCUT2D eigenvalue weighted by molar-refractivity contribution is 5.74. The number of anilines is 3. The molecule has 0 aliphatic carbocycles. The number of ether oxygens (including phenoxy) is 1. The highest BCUT2D eigenvalue weighted by atomic mass is 16.6. The Hall–Kier alpha value is -2.74. The van der Waals surface area contributed by atoms with Gasteiger partial charge in [0.15, 0.2) is 0 Å². The number of nitrogens with one attached hydrogen (secondary N) is 2. The van der Waals surface area contributed by atoms with Gasteiger partial charge in [0.1, 0.15) is 6.33 Å². The fourth-order valence-electron chi connectivity index (χ4n) is 2.11. The maximum absolute atomic E-state index is 11.5. The third-order valence-corrected chi connectivity index (χ3v) is 3.20. The second-order valence-corrected chi connectivity index (χ2v) is 5.12. The van der Waals surface area contributed by atoms with Gasteiger partial charge in [-0.3, -0.25) is 10.1 Å². The molecule has 0 bridgehead atoms. The van der Waals surface area contributed by atoms with Crippen molar-refractivity contribution in [2.45, 2.75) is 19.9 Å². The molecular formula is C15H19N5O3. The monoisotopic (exact) mass is 317 g/mol. The topological polar surface area (TPSA) is 102 Å². The van der Waals surface area contributed by atoms with E-state index in [1.807, 2.05) is 38.1 Å². The van der Waals surface area contributed by atoms with E-state index in [1.54, 1.807) is 7.11 Å². The van der Waals surface area contributed by atoms with Crippen LogP contribution in [-0.4, -0.2) is 34.6 Å². The summed E-state index contributed by atoms with van der Waals surface area (Å²) < 4.78 is 5.03. The van der Waals surface area contributed by atoms with E-state index in [0.29, 0.717) is 6.61 Å².